The Balaban J connectivity index is 2.50. The topological polar surface area (TPSA) is 58.6 Å². The number of ether oxygens (including phenoxy) is 1. The average molecular weight is 249 g/mol. The number of carbonyl (C=O) groups is 2. The van der Waals surface area contributed by atoms with Gasteiger partial charge < -0.3 is 9.64 Å². The number of nitrogens with zero attached hydrogens (tertiary/aromatic N) is 1. The third-order valence-corrected chi connectivity index (χ3v) is 2.94. The molecule has 0 aromatic carbocycles. The zero-order valence-electron chi connectivity index (χ0n) is 9.70. The SMILES string of the molecule is CC(Cl)C(=O)NC(=O)N(C)C1CCOC1C. The number of urea groups is 1. The summed E-state index contributed by atoms with van der Waals surface area (Å²) in [7, 11) is 1.65. The summed E-state index contributed by atoms with van der Waals surface area (Å²) in [5.74, 6) is -0.481. The molecule has 5 nitrogen and oxygen atoms in total. The third-order valence-electron chi connectivity index (χ3n) is 2.75. The maximum atomic E-state index is 11.7. The van der Waals surface area contributed by atoms with Crippen molar-refractivity contribution in [2.45, 2.75) is 37.8 Å². The average Bonchev–Trinajstić information content (AvgIpc) is 2.62. The van der Waals surface area contributed by atoms with Crippen molar-refractivity contribution in [3.05, 3.63) is 0 Å². The molecule has 6 heteroatoms. The summed E-state index contributed by atoms with van der Waals surface area (Å²) < 4.78 is 5.36. The van der Waals surface area contributed by atoms with Crippen molar-refractivity contribution in [1.29, 1.82) is 0 Å². The standard InChI is InChI=1S/C10H17ClN2O3/c1-6(11)9(14)12-10(15)13(3)8-4-5-16-7(8)2/h6-8H,4-5H2,1-3H3,(H,12,14,15). The van der Waals surface area contributed by atoms with Crippen LogP contribution >= 0.6 is 11.6 Å². The molecule has 0 radical (unpaired) electrons. The molecule has 92 valence electrons. The first-order chi connectivity index (χ1) is 7.43. The third kappa shape index (κ3) is 3.09. The first-order valence-corrected chi connectivity index (χ1v) is 5.70. The highest BCUT2D eigenvalue weighted by Crippen LogP contribution is 2.18. The number of amides is 3. The molecule has 3 atom stereocenters. The Morgan fingerprint density at radius 2 is 2.19 bits per heavy atom. The predicted molar refractivity (Wildman–Crippen MR) is 60.4 cm³/mol. The number of likely N-dealkylation sites (N-methyl/N-ethyl adjacent to an activating group) is 1. The molecule has 0 aromatic rings. The van der Waals surface area contributed by atoms with Gasteiger partial charge in [-0.05, 0) is 20.3 Å². The van der Waals surface area contributed by atoms with Gasteiger partial charge in [0.1, 0.15) is 5.38 Å². The van der Waals surface area contributed by atoms with Gasteiger partial charge in [0.15, 0.2) is 0 Å². The van der Waals surface area contributed by atoms with E-state index in [0.29, 0.717) is 6.61 Å². The Morgan fingerprint density at radius 1 is 1.56 bits per heavy atom. The van der Waals surface area contributed by atoms with Crippen molar-refractivity contribution in [3.8, 4) is 0 Å². The lowest BCUT2D eigenvalue weighted by molar-refractivity contribution is -0.119. The Kier molecular flexibility index (Phi) is 4.56. The summed E-state index contributed by atoms with van der Waals surface area (Å²) in [6.07, 6.45) is 0.787. The number of hydrogen-bond acceptors (Lipinski definition) is 3. The summed E-state index contributed by atoms with van der Waals surface area (Å²) in [5, 5.41) is 1.52. The molecule has 1 aliphatic rings. The van der Waals surface area contributed by atoms with Crippen molar-refractivity contribution in [2.75, 3.05) is 13.7 Å². The summed E-state index contributed by atoms with van der Waals surface area (Å²) in [6.45, 7) is 4.07. The monoisotopic (exact) mass is 248 g/mol. The lowest BCUT2D eigenvalue weighted by Crippen LogP contribution is -2.49. The van der Waals surface area contributed by atoms with Crippen LogP contribution in [-0.4, -0.2) is 48.0 Å². The number of hydrogen-bond donors (Lipinski definition) is 1. The number of carbonyl (C=O) groups excluding carboxylic acids is 2. The van der Waals surface area contributed by atoms with Crippen LogP contribution in [0.15, 0.2) is 0 Å². The van der Waals surface area contributed by atoms with Crippen LogP contribution in [-0.2, 0) is 9.53 Å². The number of halogens is 1. The molecule has 1 aliphatic heterocycles. The summed E-state index contributed by atoms with van der Waals surface area (Å²) in [4.78, 5) is 24.4. The zero-order chi connectivity index (χ0) is 12.3. The molecule has 0 aliphatic carbocycles. The Morgan fingerprint density at radius 3 is 2.62 bits per heavy atom. The van der Waals surface area contributed by atoms with Gasteiger partial charge in [-0.2, -0.15) is 0 Å². The van der Waals surface area contributed by atoms with E-state index in [2.05, 4.69) is 5.32 Å². The highest BCUT2D eigenvalue weighted by molar-refractivity contribution is 6.31. The normalized spacial score (nSPS) is 26.2. The zero-order valence-corrected chi connectivity index (χ0v) is 10.5. The van der Waals surface area contributed by atoms with Crippen LogP contribution in [0.1, 0.15) is 20.3 Å². The minimum atomic E-state index is -0.713. The molecule has 0 saturated carbocycles. The van der Waals surface area contributed by atoms with Gasteiger partial charge in [0.05, 0.1) is 12.1 Å². The predicted octanol–water partition coefficient (Wildman–Crippen LogP) is 0.959. The van der Waals surface area contributed by atoms with Crippen LogP contribution in [0.4, 0.5) is 4.79 Å². The number of alkyl halides is 1. The van der Waals surface area contributed by atoms with Gasteiger partial charge in [0.25, 0.3) is 0 Å². The fourth-order valence-corrected chi connectivity index (χ4v) is 1.73. The number of rotatable bonds is 2. The number of imide groups is 1. The van der Waals surface area contributed by atoms with Crippen LogP contribution in [0.25, 0.3) is 0 Å². The fourth-order valence-electron chi connectivity index (χ4n) is 1.67. The van der Waals surface area contributed by atoms with E-state index < -0.39 is 17.3 Å². The van der Waals surface area contributed by atoms with E-state index in [0.717, 1.165) is 6.42 Å². The second kappa shape index (κ2) is 5.50. The van der Waals surface area contributed by atoms with E-state index in [9.17, 15) is 9.59 Å². The van der Waals surface area contributed by atoms with E-state index in [1.807, 2.05) is 6.92 Å². The molecule has 0 aromatic heterocycles. The Bertz CT molecular complexity index is 283. The van der Waals surface area contributed by atoms with E-state index >= 15 is 0 Å². The maximum absolute atomic E-state index is 11.7. The van der Waals surface area contributed by atoms with Crippen molar-refractivity contribution in [2.24, 2.45) is 0 Å². The lowest BCUT2D eigenvalue weighted by atomic mass is 10.1. The molecule has 0 bridgehead atoms. The lowest BCUT2D eigenvalue weighted by Gasteiger charge is -2.26. The van der Waals surface area contributed by atoms with E-state index in [4.69, 9.17) is 16.3 Å². The Hall–Kier alpha value is -0.810. The molecular formula is C10H17ClN2O3. The highest BCUT2D eigenvalue weighted by atomic mass is 35.5. The van der Waals surface area contributed by atoms with Crippen LogP contribution in [0.3, 0.4) is 0 Å². The number of nitrogens with one attached hydrogen (secondary N) is 1. The van der Waals surface area contributed by atoms with Gasteiger partial charge >= 0.3 is 6.03 Å². The minimum Gasteiger partial charge on any atom is -0.376 e. The quantitative estimate of drug-likeness (QED) is 0.741. The van der Waals surface area contributed by atoms with Crippen molar-refractivity contribution >= 4 is 23.5 Å². The van der Waals surface area contributed by atoms with Gasteiger partial charge in [-0.25, -0.2) is 4.79 Å². The molecule has 0 spiro atoms. The summed E-state index contributed by atoms with van der Waals surface area (Å²) in [5.41, 5.74) is 0. The van der Waals surface area contributed by atoms with Crippen LogP contribution in [0.5, 0.6) is 0 Å². The highest BCUT2D eigenvalue weighted by Gasteiger charge is 2.31. The van der Waals surface area contributed by atoms with Crippen molar-refractivity contribution in [1.82, 2.24) is 10.2 Å². The molecule has 1 saturated heterocycles. The minimum absolute atomic E-state index is 0.000669. The molecule has 3 amide bonds. The van der Waals surface area contributed by atoms with Crippen LogP contribution in [0.2, 0.25) is 0 Å². The van der Waals surface area contributed by atoms with E-state index in [-0.39, 0.29) is 12.1 Å². The van der Waals surface area contributed by atoms with E-state index in [1.165, 1.54) is 11.8 Å². The first kappa shape index (κ1) is 13.3. The van der Waals surface area contributed by atoms with Gasteiger partial charge in [-0.3, -0.25) is 10.1 Å². The molecule has 1 fully saturated rings. The second-order valence-electron chi connectivity index (χ2n) is 3.95. The van der Waals surface area contributed by atoms with Crippen LogP contribution < -0.4 is 5.32 Å². The smallest absolute Gasteiger partial charge is 0.324 e. The van der Waals surface area contributed by atoms with Crippen molar-refractivity contribution in [3.63, 3.8) is 0 Å². The molecule has 1 N–H and O–H groups in total. The van der Waals surface area contributed by atoms with Gasteiger partial charge in [0.2, 0.25) is 5.91 Å². The molecule has 16 heavy (non-hydrogen) atoms. The van der Waals surface area contributed by atoms with Crippen molar-refractivity contribution < 1.29 is 14.3 Å². The summed E-state index contributed by atoms with van der Waals surface area (Å²) >= 11 is 5.56. The molecule has 1 rings (SSSR count). The second-order valence-corrected chi connectivity index (χ2v) is 4.61. The van der Waals surface area contributed by atoms with Gasteiger partial charge in [-0.15, -0.1) is 11.6 Å². The largest absolute Gasteiger partial charge is 0.376 e. The fraction of sp³-hybridized carbons (Fsp3) is 0.800. The van der Waals surface area contributed by atoms with Gasteiger partial charge in [0, 0.05) is 13.7 Å². The molecule has 1 heterocycles. The molecule has 3 unspecified atom stereocenters. The van der Waals surface area contributed by atoms with Crippen LogP contribution in [0, 0.1) is 0 Å². The maximum Gasteiger partial charge on any atom is 0.324 e. The molecular weight excluding hydrogens is 232 g/mol. The summed E-state index contributed by atoms with van der Waals surface area (Å²) in [6, 6.07) is -0.418. The Labute approximate surface area is 100 Å². The van der Waals surface area contributed by atoms with E-state index in [1.54, 1.807) is 7.05 Å². The first-order valence-electron chi connectivity index (χ1n) is 5.26. The van der Waals surface area contributed by atoms with Gasteiger partial charge in [-0.1, -0.05) is 0 Å².